The summed E-state index contributed by atoms with van der Waals surface area (Å²) >= 11 is 5.66. The van der Waals surface area contributed by atoms with Gasteiger partial charge in [0.2, 0.25) is 0 Å². The molecule has 9 heteroatoms. The maximum absolute atomic E-state index is 13.2. The van der Waals surface area contributed by atoms with Crippen LogP contribution in [-0.2, 0) is 20.4 Å². The van der Waals surface area contributed by atoms with Crippen LogP contribution in [-0.4, -0.2) is 11.9 Å². The van der Waals surface area contributed by atoms with Crippen LogP contribution in [0.4, 0.5) is 18.0 Å². The predicted molar refractivity (Wildman–Crippen MR) is 87.0 cm³/mol. The Morgan fingerprint density at radius 2 is 1.85 bits per heavy atom. The number of carbonyl (C=O) groups excluding carboxylic acids is 2. The van der Waals surface area contributed by atoms with E-state index in [1.165, 1.54) is 26.8 Å². The molecule has 1 heterocycles. The van der Waals surface area contributed by atoms with Crippen LogP contribution in [0.25, 0.3) is 0 Å². The molecule has 0 spiro atoms. The highest BCUT2D eigenvalue weighted by atomic mass is 35.5. The van der Waals surface area contributed by atoms with Crippen LogP contribution in [0.2, 0.25) is 5.02 Å². The fraction of sp³-hybridized carbons (Fsp3) is 0.294. The number of allylic oxidation sites excluding steroid dienone is 3. The summed E-state index contributed by atoms with van der Waals surface area (Å²) in [5.41, 5.74) is 4.10. The van der Waals surface area contributed by atoms with Crippen molar-refractivity contribution in [2.75, 3.05) is 0 Å². The molecule has 2 N–H and O–H groups in total. The molecule has 0 bridgehead atoms. The first kappa shape index (κ1) is 19.8. The second-order valence-corrected chi connectivity index (χ2v) is 6.05. The normalized spacial score (nSPS) is 17.9. The van der Waals surface area contributed by atoms with Gasteiger partial charge in [-0.05, 0) is 38.5 Å². The van der Waals surface area contributed by atoms with Gasteiger partial charge in [0.25, 0.3) is 0 Å². The number of ether oxygens (including phenoxy) is 2. The molecule has 2 rings (SSSR count). The summed E-state index contributed by atoms with van der Waals surface area (Å²) in [7, 11) is 0. The summed E-state index contributed by atoms with van der Waals surface area (Å²) in [5, 5.41) is -0.489. The van der Waals surface area contributed by atoms with Crippen molar-refractivity contribution >= 4 is 23.5 Å². The number of amides is 1. The third kappa shape index (κ3) is 3.85. The van der Waals surface area contributed by atoms with Gasteiger partial charge in [-0.15, -0.1) is 0 Å². The zero-order chi connectivity index (χ0) is 19.8. The standard InChI is InChI=1S/C17H15ClF3NO4/c1-7(23)13-8(2)25-9(3)15(26-16(22)24)14(13)10-4-5-12(18)11(6-10)17(19,20)21/h4-6,14H,1-3H3,(H2,22,24). The summed E-state index contributed by atoms with van der Waals surface area (Å²) in [6.45, 7) is 4.18. The van der Waals surface area contributed by atoms with Crippen LogP contribution >= 0.6 is 11.6 Å². The minimum Gasteiger partial charge on any atom is -0.463 e. The highest BCUT2D eigenvalue weighted by molar-refractivity contribution is 6.31. The van der Waals surface area contributed by atoms with Crippen molar-refractivity contribution in [3.05, 3.63) is 57.2 Å². The zero-order valence-electron chi connectivity index (χ0n) is 14.0. The van der Waals surface area contributed by atoms with E-state index in [-0.39, 0.29) is 28.4 Å². The smallest absolute Gasteiger partial charge is 0.417 e. The zero-order valence-corrected chi connectivity index (χ0v) is 14.8. The number of nitrogens with two attached hydrogens (primary N) is 1. The predicted octanol–water partition coefficient (Wildman–Crippen LogP) is 4.66. The van der Waals surface area contributed by atoms with Gasteiger partial charge in [0, 0.05) is 5.57 Å². The van der Waals surface area contributed by atoms with Gasteiger partial charge in [-0.3, -0.25) is 4.79 Å². The number of halogens is 4. The molecule has 0 radical (unpaired) electrons. The number of primary amides is 1. The first-order valence-electron chi connectivity index (χ1n) is 7.37. The fourth-order valence-corrected chi connectivity index (χ4v) is 3.05. The van der Waals surface area contributed by atoms with Crippen molar-refractivity contribution in [2.45, 2.75) is 32.9 Å². The van der Waals surface area contributed by atoms with Crippen molar-refractivity contribution in [3.63, 3.8) is 0 Å². The van der Waals surface area contributed by atoms with E-state index in [1.807, 2.05) is 0 Å². The van der Waals surface area contributed by atoms with E-state index in [4.69, 9.17) is 26.8 Å². The molecular weight excluding hydrogens is 375 g/mol. The molecule has 0 fully saturated rings. The second-order valence-electron chi connectivity index (χ2n) is 5.64. The van der Waals surface area contributed by atoms with Crippen molar-refractivity contribution in [1.29, 1.82) is 0 Å². The van der Waals surface area contributed by atoms with Gasteiger partial charge < -0.3 is 15.2 Å². The van der Waals surface area contributed by atoms with Crippen molar-refractivity contribution in [2.24, 2.45) is 5.73 Å². The maximum atomic E-state index is 13.2. The fourth-order valence-electron chi connectivity index (χ4n) is 2.82. The molecule has 1 unspecified atom stereocenters. The van der Waals surface area contributed by atoms with Gasteiger partial charge in [-0.25, -0.2) is 4.79 Å². The summed E-state index contributed by atoms with van der Waals surface area (Å²) in [6.07, 6.45) is -5.88. The molecule has 0 aliphatic carbocycles. The quantitative estimate of drug-likeness (QED) is 0.815. The highest BCUT2D eigenvalue weighted by Crippen LogP contribution is 2.44. The Morgan fingerprint density at radius 3 is 2.35 bits per heavy atom. The van der Waals surface area contributed by atoms with E-state index in [0.717, 1.165) is 12.1 Å². The molecule has 0 aromatic heterocycles. The molecule has 1 aromatic carbocycles. The largest absolute Gasteiger partial charge is 0.463 e. The van der Waals surface area contributed by atoms with Crippen LogP contribution in [0.1, 0.15) is 37.8 Å². The minimum absolute atomic E-state index is 0.0577. The van der Waals surface area contributed by atoms with Gasteiger partial charge in [-0.1, -0.05) is 17.7 Å². The van der Waals surface area contributed by atoms with Crippen molar-refractivity contribution in [1.82, 2.24) is 0 Å². The Labute approximate surface area is 152 Å². The van der Waals surface area contributed by atoms with Gasteiger partial charge in [0.15, 0.2) is 11.5 Å². The number of rotatable bonds is 3. The van der Waals surface area contributed by atoms with Crippen LogP contribution in [0.3, 0.4) is 0 Å². The number of hydrogen-bond acceptors (Lipinski definition) is 4. The molecule has 1 aromatic rings. The third-order valence-corrected chi connectivity index (χ3v) is 4.13. The van der Waals surface area contributed by atoms with E-state index in [9.17, 15) is 22.8 Å². The highest BCUT2D eigenvalue weighted by Gasteiger charge is 2.38. The lowest BCUT2D eigenvalue weighted by Gasteiger charge is -2.29. The molecule has 5 nitrogen and oxygen atoms in total. The van der Waals surface area contributed by atoms with Gasteiger partial charge in [0.1, 0.15) is 11.5 Å². The summed E-state index contributed by atoms with van der Waals surface area (Å²) in [4.78, 5) is 23.3. The third-order valence-electron chi connectivity index (χ3n) is 3.80. The van der Waals surface area contributed by atoms with Crippen molar-refractivity contribution in [3.8, 4) is 0 Å². The van der Waals surface area contributed by atoms with Crippen molar-refractivity contribution < 1.29 is 32.2 Å². The number of carbonyl (C=O) groups is 2. The molecule has 1 aliphatic rings. The van der Waals surface area contributed by atoms with Crippen LogP contribution in [0, 0.1) is 0 Å². The monoisotopic (exact) mass is 389 g/mol. The number of hydrogen-bond donors (Lipinski definition) is 1. The minimum atomic E-state index is -4.70. The van der Waals surface area contributed by atoms with Gasteiger partial charge in [-0.2, -0.15) is 13.2 Å². The topological polar surface area (TPSA) is 78.6 Å². The van der Waals surface area contributed by atoms with E-state index in [2.05, 4.69) is 0 Å². The summed E-state index contributed by atoms with van der Waals surface area (Å²) in [6, 6.07) is 3.20. The molecular formula is C17H15ClF3NO4. The number of Topliss-reactive ketones (excluding diaryl/α,β-unsaturated/α-hetero) is 1. The lowest BCUT2D eigenvalue weighted by atomic mass is 9.84. The lowest BCUT2D eigenvalue weighted by molar-refractivity contribution is -0.137. The first-order valence-corrected chi connectivity index (χ1v) is 7.75. The Morgan fingerprint density at radius 1 is 1.23 bits per heavy atom. The maximum Gasteiger partial charge on any atom is 0.417 e. The van der Waals surface area contributed by atoms with E-state index in [0.29, 0.717) is 0 Å². The number of benzene rings is 1. The molecule has 0 saturated carbocycles. The number of alkyl halides is 3. The number of ketones is 1. The second kappa shape index (κ2) is 7.03. The van der Waals surface area contributed by atoms with E-state index >= 15 is 0 Å². The molecule has 1 atom stereocenters. The molecule has 1 amide bonds. The Hall–Kier alpha value is -2.48. The molecule has 1 aliphatic heterocycles. The summed E-state index contributed by atoms with van der Waals surface area (Å²) in [5.74, 6) is -1.38. The first-order chi connectivity index (χ1) is 11.9. The summed E-state index contributed by atoms with van der Waals surface area (Å²) < 4.78 is 50.0. The Kier molecular flexibility index (Phi) is 5.36. The Bertz CT molecular complexity index is 843. The van der Waals surface area contributed by atoms with Crippen LogP contribution in [0.15, 0.2) is 41.0 Å². The average molecular weight is 390 g/mol. The van der Waals surface area contributed by atoms with E-state index in [1.54, 1.807) is 0 Å². The van der Waals surface area contributed by atoms with Crippen LogP contribution in [0.5, 0.6) is 0 Å². The molecule has 140 valence electrons. The lowest BCUT2D eigenvalue weighted by Crippen LogP contribution is -2.25. The SMILES string of the molecule is CC(=O)C1=C(C)OC(C)=C(OC(N)=O)C1c1ccc(Cl)c(C(F)(F)F)c1. The Balaban J connectivity index is 2.72. The van der Waals surface area contributed by atoms with Crippen LogP contribution < -0.4 is 5.73 Å². The van der Waals surface area contributed by atoms with Gasteiger partial charge >= 0.3 is 12.3 Å². The molecule has 26 heavy (non-hydrogen) atoms. The van der Waals surface area contributed by atoms with E-state index < -0.39 is 34.6 Å². The average Bonchev–Trinajstić information content (AvgIpc) is 2.48. The molecule has 0 saturated heterocycles. The van der Waals surface area contributed by atoms with Gasteiger partial charge in [0.05, 0.1) is 16.5 Å².